The Morgan fingerprint density at radius 1 is 0.739 bits per heavy atom. The molecule has 0 saturated carbocycles. The van der Waals surface area contributed by atoms with Crippen molar-refractivity contribution in [2.24, 2.45) is 0 Å². The van der Waals surface area contributed by atoms with Crippen LogP contribution in [-0.4, -0.2) is 0 Å². The van der Waals surface area contributed by atoms with Crippen molar-refractivity contribution in [3.8, 4) is 0 Å². The molecule has 4 rings (SSSR count). The maximum Gasteiger partial charge on any atom is -1.00 e. The molecule has 2 aromatic carbocycles. The van der Waals surface area contributed by atoms with Crippen molar-refractivity contribution in [2.45, 2.75) is 18.3 Å². The molecule has 0 nitrogen and oxygen atoms in total. The molecule has 0 aromatic heterocycles. The topological polar surface area (TPSA) is 0 Å². The van der Waals surface area contributed by atoms with Gasteiger partial charge in [-0.1, -0.05) is 0 Å². The molecule has 2 aliphatic carbocycles. The minimum absolute atomic E-state index is 0. The first-order valence-corrected chi connectivity index (χ1v) is 12.4. The molecule has 117 valence electrons. The zero-order chi connectivity index (χ0) is 14.2. The molecule has 0 N–H and O–H groups in total. The Bertz CT molecular complexity index is 674. The molecule has 3 heteroatoms. The molecule has 2 aromatic rings. The second-order valence-corrected chi connectivity index (χ2v) is 13.5. The van der Waals surface area contributed by atoms with Crippen LogP contribution in [0.1, 0.15) is 36.4 Å². The van der Waals surface area contributed by atoms with Crippen LogP contribution in [0.25, 0.3) is 12.2 Å². The Morgan fingerprint density at radius 2 is 1.17 bits per heavy atom. The van der Waals surface area contributed by atoms with Crippen LogP contribution in [0.15, 0.2) is 60.7 Å². The van der Waals surface area contributed by atoms with Crippen molar-refractivity contribution < 1.29 is 46.6 Å². The zero-order valence-electron chi connectivity index (χ0n) is 13.0. The molecule has 23 heavy (non-hydrogen) atoms. The summed E-state index contributed by atoms with van der Waals surface area (Å²) in [6.07, 6.45) is 9.69. The van der Waals surface area contributed by atoms with Gasteiger partial charge in [-0.05, 0) is 0 Å². The van der Waals surface area contributed by atoms with Gasteiger partial charge in [0.2, 0.25) is 0 Å². The summed E-state index contributed by atoms with van der Waals surface area (Å²) in [5, 5.41) is 0. The predicted octanol–water partition coefficient (Wildman–Crippen LogP) is -0.413. The van der Waals surface area contributed by atoms with Gasteiger partial charge in [-0.25, -0.2) is 0 Å². The third kappa shape index (κ3) is 3.29. The van der Waals surface area contributed by atoms with E-state index in [2.05, 4.69) is 79.8 Å². The van der Waals surface area contributed by atoms with Crippen LogP contribution < -0.4 is 24.8 Å². The number of hydrogen-bond donors (Lipinski definition) is 0. The Kier molecular flexibility index (Phi) is 6.49. The van der Waals surface area contributed by atoms with E-state index in [0.29, 0.717) is 0 Å². The van der Waals surface area contributed by atoms with Crippen LogP contribution in [-0.2, 0) is 21.8 Å². The van der Waals surface area contributed by atoms with Crippen LogP contribution in [0.2, 0.25) is 4.13 Å². The number of halogens is 2. The van der Waals surface area contributed by atoms with Gasteiger partial charge in [0.05, 0.1) is 0 Å². The van der Waals surface area contributed by atoms with Crippen LogP contribution in [0, 0.1) is 0 Å². The molecular formula is C20H19Cl2Zr. The van der Waals surface area contributed by atoms with Crippen LogP contribution in [0.3, 0.4) is 0 Å². The third-order valence-corrected chi connectivity index (χ3v) is 13.2. The van der Waals surface area contributed by atoms with Crippen molar-refractivity contribution in [1.29, 1.82) is 0 Å². The molecule has 0 aliphatic heterocycles. The van der Waals surface area contributed by atoms with E-state index in [1.54, 1.807) is 11.1 Å². The summed E-state index contributed by atoms with van der Waals surface area (Å²) in [4.78, 5) is 0. The molecule has 0 radical (unpaired) electrons. The van der Waals surface area contributed by atoms with Crippen LogP contribution in [0.4, 0.5) is 0 Å². The van der Waals surface area contributed by atoms with E-state index >= 15 is 0 Å². The minimum Gasteiger partial charge on any atom is -1.00 e. The van der Waals surface area contributed by atoms with Crippen molar-refractivity contribution in [3.05, 3.63) is 82.9 Å². The maximum atomic E-state index is 2.50. The molecule has 0 heterocycles. The van der Waals surface area contributed by atoms with Crippen molar-refractivity contribution in [2.75, 3.05) is 0 Å². The standard InChI is InChI=1S/2C9H7.C2H5.2ClH.Zr/c2*1-2-5-9-7-3-6-8(9)4-1;1-2;;;/h2*1-7H;1H2,2H3;2*1H;/q;;;;;+2/p-2. The summed E-state index contributed by atoms with van der Waals surface area (Å²) < 4.78 is 2.89. The van der Waals surface area contributed by atoms with Gasteiger partial charge >= 0.3 is 135 Å². The van der Waals surface area contributed by atoms with E-state index in [1.165, 1.54) is 15.3 Å². The number of fused-ring (bicyclic) bond motifs is 2. The summed E-state index contributed by atoms with van der Waals surface area (Å²) in [5.74, 6) is 0. The number of hydrogen-bond acceptors (Lipinski definition) is 0. The first-order chi connectivity index (χ1) is 10.4. The second kappa shape index (κ2) is 7.97. The fourth-order valence-electron chi connectivity index (χ4n) is 3.78. The second-order valence-electron chi connectivity index (χ2n) is 5.86. The third-order valence-electron chi connectivity index (χ3n) is 4.81. The average molecular weight is 422 g/mol. The number of allylic oxidation sites excluding steroid dienone is 2. The van der Waals surface area contributed by atoms with Gasteiger partial charge in [-0.3, -0.25) is 0 Å². The molecule has 2 unspecified atom stereocenters. The molecule has 2 atom stereocenters. The zero-order valence-corrected chi connectivity index (χ0v) is 17.0. The van der Waals surface area contributed by atoms with E-state index < -0.39 is 21.8 Å². The van der Waals surface area contributed by atoms with Gasteiger partial charge in [0.15, 0.2) is 0 Å². The van der Waals surface area contributed by atoms with Gasteiger partial charge < -0.3 is 24.8 Å². The van der Waals surface area contributed by atoms with Gasteiger partial charge in [-0.2, -0.15) is 0 Å². The van der Waals surface area contributed by atoms with E-state index in [0.717, 1.165) is 7.25 Å². The fraction of sp³-hybridized carbons (Fsp3) is 0.200. The molecule has 0 amide bonds. The maximum absolute atomic E-state index is 2.50. The van der Waals surface area contributed by atoms with Crippen LogP contribution in [0.5, 0.6) is 0 Å². The van der Waals surface area contributed by atoms with Crippen LogP contribution >= 0.6 is 0 Å². The summed E-state index contributed by atoms with van der Waals surface area (Å²) in [6, 6.07) is 17.9. The molecular weight excluding hydrogens is 402 g/mol. The molecule has 0 bridgehead atoms. The first-order valence-electron chi connectivity index (χ1n) is 7.78. The number of rotatable bonds is 3. The van der Waals surface area contributed by atoms with Crippen molar-refractivity contribution in [1.82, 2.24) is 0 Å². The Morgan fingerprint density at radius 3 is 1.61 bits per heavy atom. The van der Waals surface area contributed by atoms with Crippen molar-refractivity contribution >= 4 is 12.2 Å². The van der Waals surface area contributed by atoms with Gasteiger partial charge in [0, 0.05) is 0 Å². The fourth-order valence-corrected chi connectivity index (χ4v) is 11.8. The molecule has 0 saturated heterocycles. The van der Waals surface area contributed by atoms with Crippen molar-refractivity contribution in [3.63, 3.8) is 0 Å². The van der Waals surface area contributed by atoms with E-state index in [-0.39, 0.29) is 24.8 Å². The van der Waals surface area contributed by atoms with E-state index in [1.807, 2.05) is 0 Å². The van der Waals surface area contributed by atoms with Gasteiger partial charge in [-0.15, -0.1) is 0 Å². The summed E-state index contributed by atoms with van der Waals surface area (Å²) in [6.45, 7) is 2.42. The monoisotopic (exact) mass is 419 g/mol. The molecule has 0 fully saturated rings. The smallest absolute Gasteiger partial charge is 1.00 e. The van der Waals surface area contributed by atoms with E-state index in [4.69, 9.17) is 0 Å². The summed E-state index contributed by atoms with van der Waals surface area (Å²) in [7, 11) is 0. The Labute approximate surface area is 159 Å². The summed E-state index contributed by atoms with van der Waals surface area (Å²) >= 11 is -1.63. The normalized spacial score (nSPS) is 19.5. The Balaban J connectivity index is 0.000000960. The molecule has 0 spiro atoms. The quantitative estimate of drug-likeness (QED) is 0.632. The number of benzene rings is 2. The minimum atomic E-state index is -1.63. The SMILES string of the molecule is C[CH2][Zr+2]([CH]1C=Cc2ccccc21)[CH]1C=Cc2ccccc21.[Cl-].[Cl-]. The summed E-state index contributed by atoms with van der Waals surface area (Å²) in [5.41, 5.74) is 6.08. The first kappa shape index (κ1) is 18.7. The largest absolute Gasteiger partial charge is 1.00 e. The van der Waals surface area contributed by atoms with Gasteiger partial charge in [0.1, 0.15) is 0 Å². The van der Waals surface area contributed by atoms with Gasteiger partial charge in [0.25, 0.3) is 0 Å². The van der Waals surface area contributed by atoms with E-state index in [9.17, 15) is 0 Å². The predicted molar refractivity (Wildman–Crippen MR) is 86.9 cm³/mol. The Hall–Kier alpha value is -0.617. The molecule has 2 aliphatic rings. The average Bonchev–Trinajstić information content (AvgIpc) is 3.14.